The molecule has 0 aliphatic carbocycles. The summed E-state index contributed by atoms with van der Waals surface area (Å²) in [5.74, 6) is -0.0260. The zero-order chi connectivity index (χ0) is 19.2. The molecule has 0 aromatic heterocycles. The number of nitro groups is 1. The molecule has 27 heavy (non-hydrogen) atoms. The smallest absolute Gasteiger partial charge is 0.340 e. The van der Waals surface area contributed by atoms with E-state index in [-0.39, 0.29) is 24.5 Å². The van der Waals surface area contributed by atoms with Crippen LogP contribution in [0.4, 0.5) is 11.4 Å². The number of esters is 1. The number of non-ortho nitro benzene ring substituents is 1. The van der Waals surface area contributed by atoms with E-state index >= 15 is 0 Å². The predicted octanol–water partition coefficient (Wildman–Crippen LogP) is 4.08. The van der Waals surface area contributed by atoms with E-state index < -0.39 is 10.9 Å². The Morgan fingerprint density at radius 2 is 1.93 bits per heavy atom. The Morgan fingerprint density at radius 1 is 1.15 bits per heavy atom. The first-order chi connectivity index (χ1) is 13.0. The van der Waals surface area contributed by atoms with E-state index in [4.69, 9.17) is 21.1 Å². The summed E-state index contributed by atoms with van der Waals surface area (Å²) in [5.41, 5.74) is 0.729. The topological polar surface area (TPSA) is 81.9 Å². The molecule has 0 spiro atoms. The first-order valence-electron chi connectivity index (χ1n) is 8.63. The highest BCUT2D eigenvalue weighted by molar-refractivity contribution is 6.30. The van der Waals surface area contributed by atoms with Crippen LogP contribution in [-0.2, 0) is 4.74 Å². The van der Waals surface area contributed by atoms with E-state index in [0.717, 1.165) is 25.9 Å². The van der Waals surface area contributed by atoms with Gasteiger partial charge in [-0.25, -0.2) is 4.79 Å². The Hall–Kier alpha value is -2.80. The van der Waals surface area contributed by atoms with Crippen LogP contribution >= 0.6 is 11.6 Å². The van der Waals surface area contributed by atoms with Gasteiger partial charge in [0.1, 0.15) is 19.0 Å². The highest BCUT2D eigenvalue weighted by atomic mass is 35.5. The number of benzene rings is 2. The maximum Gasteiger partial charge on any atom is 0.340 e. The van der Waals surface area contributed by atoms with Crippen molar-refractivity contribution in [2.24, 2.45) is 0 Å². The van der Waals surface area contributed by atoms with E-state index in [0.29, 0.717) is 16.5 Å². The van der Waals surface area contributed by atoms with Gasteiger partial charge >= 0.3 is 5.97 Å². The van der Waals surface area contributed by atoms with Crippen molar-refractivity contribution < 1.29 is 19.2 Å². The second kappa shape index (κ2) is 8.73. The molecule has 1 fully saturated rings. The Labute approximate surface area is 161 Å². The number of carbonyl (C=O) groups is 1. The van der Waals surface area contributed by atoms with E-state index in [1.54, 1.807) is 30.3 Å². The fourth-order valence-electron chi connectivity index (χ4n) is 2.96. The SMILES string of the molecule is O=C(OCCOc1cccc(Cl)c1)c1cc([N+](=O)[O-])ccc1N1CCCC1. The average molecular weight is 391 g/mol. The van der Waals surface area contributed by atoms with Gasteiger partial charge in [0.15, 0.2) is 0 Å². The van der Waals surface area contributed by atoms with Crippen LogP contribution < -0.4 is 9.64 Å². The molecule has 0 bridgehead atoms. The summed E-state index contributed by atoms with van der Waals surface area (Å²) in [6, 6.07) is 11.2. The number of ether oxygens (including phenoxy) is 2. The van der Waals surface area contributed by atoms with Crippen LogP contribution in [0.5, 0.6) is 5.75 Å². The molecule has 0 amide bonds. The lowest BCUT2D eigenvalue weighted by Crippen LogP contribution is -2.22. The van der Waals surface area contributed by atoms with Crippen molar-refractivity contribution in [3.05, 3.63) is 63.2 Å². The molecule has 2 aromatic carbocycles. The van der Waals surface area contributed by atoms with Crippen molar-refractivity contribution in [2.45, 2.75) is 12.8 Å². The number of nitrogens with zero attached hydrogens (tertiary/aromatic N) is 2. The van der Waals surface area contributed by atoms with Crippen LogP contribution in [0.3, 0.4) is 0 Å². The first-order valence-corrected chi connectivity index (χ1v) is 9.01. The molecule has 1 aliphatic rings. The molecular weight excluding hydrogens is 372 g/mol. The van der Waals surface area contributed by atoms with Gasteiger partial charge in [-0.3, -0.25) is 10.1 Å². The van der Waals surface area contributed by atoms with Crippen molar-refractivity contribution in [2.75, 3.05) is 31.2 Å². The summed E-state index contributed by atoms with van der Waals surface area (Å²) in [4.78, 5) is 25.1. The highest BCUT2D eigenvalue weighted by Crippen LogP contribution is 2.29. The summed E-state index contributed by atoms with van der Waals surface area (Å²) in [5, 5.41) is 11.6. The third kappa shape index (κ3) is 4.89. The summed E-state index contributed by atoms with van der Waals surface area (Å²) >= 11 is 5.88. The van der Waals surface area contributed by atoms with Crippen molar-refractivity contribution in [1.82, 2.24) is 0 Å². The van der Waals surface area contributed by atoms with Crippen LogP contribution in [0.2, 0.25) is 5.02 Å². The number of rotatable bonds is 7. The molecule has 7 nitrogen and oxygen atoms in total. The number of nitro benzene ring substituents is 1. The number of hydrogen-bond donors (Lipinski definition) is 0. The molecule has 0 saturated carbocycles. The maximum absolute atomic E-state index is 12.5. The van der Waals surface area contributed by atoms with E-state index in [1.807, 2.05) is 4.90 Å². The number of anilines is 1. The Bertz CT molecular complexity index is 837. The summed E-state index contributed by atoms with van der Waals surface area (Å²) in [6.07, 6.45) is 2.05. The van der Waals surface area contributed by atoms with Crippen LogP contribution in [0.1, 0.15) is 23.2 Å². The lowest BCUT2D eigenvalue weighted by atomic mass is 10.1. The van der Waals surface area contributed by atoms with Gasteiger partial charge in [0.2, 0.25) is 0 Å². The van der Waals surface area contributed by atoms with E-state index in [2.05, 4.69) is 0 Å². The number of hydrogen-bond acceptors (Lipinski definition) is 6. The van der Waals surface area contributed by atoms with E-state index in [1.165, 1.54) is 12.1 Å². The van der Waals surface area contributed by atoms with Crippen molar-refractivity contribution >= 4 is 28.9 Å². The summed E-state index contributed by atoms with van der Waals surface area (Å²) in [6.45, 7) is 1.81. The van der Waals surface area contributed by atoms with Gasteiger partial charge in [-0.2, -0.15) is 0 Å². The Balaban J connectivity index is 1.65. The summed E-state index contributed by atoms with van der Waals surface area (Å²) < 4.78 is 10.8. The van der Waals surface area contributed by atoms with Gasteiger partial charge in [-0.05, 0) is 37.1 Å². The monoisotopic (exact) mass is 390 g/mol. The van der Waals surface area contributed by atoms with Crippen molar-refractivity contribution in [3.8, 4) is 5.75 Å². The third-order valence-corrected chi connectivity index (χ3v) is 4.47. The minimum Gasteiger partial charge on any atom is -0.490 e. The van der Waals surface area contributed by atoms with Gasteiger partial charge in [-0.15, -0.1) is 0 Å². The first kappa shape index (κ1) is 19.0. The zero-order valence-electron chi connectivity index (χ0n) is 14.6. The molecule has 1 heterocycles. The maximum atomic E-state index is 12.5. The predicted molar refractivity (Wildman–Crippen MR) is 102 cm³/mol. The van der Waals surface area contributed by atoms with Crippen LogP contribution in [-0.4, -0.2) is 37.2 Å². The van der Waals surface area contributed by atoms with Crippen LogP contribution in [0.15, 0.2) is 42.5 Å². The molecule has 1 saturated heterocycles. The number of halogens is 1. The van der Waals surface area contributed by atoms with Gasteiger partial charge in [0.05, 0.1) is 16.2 Å². The second-order valence-electron chi connectivity index (χ2n) is 6.09. The zero-order valence-corrected chi connectivity index (χ0v) is 15.4. The Kier molecular flexibility index (Phi) is 6.13. The quantitative estimate of drug-likeness (QED) is 0.306. The van der Waals surface area contributed by atoms with E-state index in [9.17, 15) is 14.9 Å². The lowest BCUT2D eigenvalue weighted by molar-refractivity contribution is -0.384. The molecule has 0 radical (unpaired) electrons. The molecule has 8 heteroatoms. The minimum atomic E-state index is -0.602. The van der Waals surface area contributed by atoms with Gasteiger partial charge in [-0.1, -0.05) is 17.7 Å². The number of carbonyl (C=O) groups excluding carboxylic acids is 1. The molecular formula is C19H19ClN2O5. The van der Waals surface area contributed by atoms with Crippen molar-refractivity contribution in [3.63, 3.8) is 0 Å². The highest BCUT2D eigenvalue weighted by Gasteiger charge is 2.23. The molecule has 0 N–H and O–H groups in total. The van der Waals surface area contributed by atoms with Crippen LogP contribution in [0.25, 0.3) is 0 Å². The van der Waals surface area contributed by atoms with Crippen molar-refractivity contribution in [1.29, 1.82) is 0 Å². The lowest BCUT2D eigenvalue weighted by Gasteiger charge is -2.20. The fraction of sp³-hybridized carbons (Fsp3) is 0.316. The van der Waals surface area contributed by atoms with Gasteiger partial charge in [0, 0.05) is 30.2 Å². The largest absolute Gasteiger partial charge is 0.490 e. The molecule has 0 unspecified atom stereocenters. The molecule has 1 aliphatic heterocycles. The molecule has 2 aromatic rings. The average Bonchev–Trinajstić information content (AvgIpc) is 3.19. The third-order valence-electron chi connectivity index (χ3n) is 4.24. The minimum absolute atomic E-state index is 0.0213. The van der Waals surface area contributed by atoms with Gasteiger partial charge in [0.25, 0.3) is 5.69 Å². The van der Waals surface area contributed by atoms with Gasteiger partial charge < -0.3 is 14.4 Å². The molecule has 3 rings (SSSR count). The normalized spacial score (nSPS) is 13.4. The molecule has 0 atom stereocenters. The fourth-order valence-corrected chi connectivity index (χ4v) is 3.14. The molecule has 142 valence electrons. The second-order valence-corrected chi connectivity index (χ2v) is 6.53. The Morgan fingerprint density at radius 3 is 2.63 bits per heavy atom. The van der Waals surface area contributed by atoms with Crippen LogP contribution in [0, 0.1) is 10.1 Å². The standard InChI is InChI=1S/C19H19ClN2O5/c20-14-4-3-5-16(12-14)26-10-11-27-19(23)17-13-15(22(24)25)6-7-18(17)21-8-1-2-9-21/h3-7,12-13H,1-2,8-11H2. The summed E-state index contributed by atoms with van der Waals surface area (Å²) in [7, 11) is 0.